The van der Waals surface area contributed by atoms with Crippen molar-refractivity contribution in [3.8, 4) is 5.88 Å². The van der Waals surface area contributed by atoms with Gasteiger partial charge in [0.05, 0.1) is 22.0 Å². The molecule has 0 radical (unpaired) electrons. The summed E-state index contributed by atoms with van der Waals surface area (Å²) in [7, 11) is -3.27. The van der Waals surface area contributed by atoms with Gasteiger partial charge in [0.15, 0.2) is 6.73 Å². The van der Waals surface area contributed by atoms with Crippen LogP contribution in [0.25, 0.3) is 0 Å². The molecule has 1 aliphatic heterocycles. The van der Waals surface area contributed by atoms with Crippen LogP contribution in [0.4, 0.5) is 17.3 Å². The van der Waals surface area contributed by atoms with Gasteiger partial charge in [0.1, 0.15) is 5.56 Å². The van der Waals surface area contributed by atoms with E-state index in [1.165, 1.54) is 22.9 Å². The summed E-state index contributed by atoms with van der Waals surface area (Å²) >= 11 is 12.5. The number of carbonyl (C=O) groups is 1. The Morgan fingerprint density at radius 1 is 1.14 bits per heavy atom. The molecule has 3 aromatic rings. The number of fused-ring (bicyclic) bond motifs is 2. The lowest BCUT2D eigenvalue weighted by Crippen LogP contribution is -2.39. The van der Waals surface area contributed by atoms with Crippen LogP contribution in [-0.2, 0) is 22.9 Å². The minimum Gasteiger partial charge on any atom is -0.455 e. The average Bonchev–Trinajstić information content (AvgIpc) is 2.79. The number of nitrogens with one attached hydrogen (secondary N) is 2. The van der Waals surface area contributed by atoms with Crippen molar-refractivity contribution in [2.24, 2.45) is 0 Å². The molecule has 2 heterocycles. The van der Waals surface area contributed by atoms with Crippen molar-refractivity contribution in [3.05, 3.63) is 69.3 Å². The van der Waals surface area contributed by atoms with E-state index < -0.39 is 10.0 Å². The maximum atomic E-state index is 13.1. The molecule has 9 nitrogen and oxygen atoms in total. The highest BCUT2D eigenvalue weighted by Gasteiger charge is 2.31. The molecule has 182 valence electrons. The van der Waals surface area contributed by atoms with E-state index in [0.717, 1.165) is 24.1 Å². The number of hydrogen-bond donors (Lipinski definition) is 2. The van der Waals surface area contributed by atoms with E-state index in [0.29, 0.717) is 22.2 Å². The highest BCUT2D eigenvalue weighted by atomic mass is 35.5. The van der Waals surface area contributed by atoms with Crippen molar-refractivity contribution in [1.82, 2.24) is 14.7 Å². The number of halogens is 2. The van der Waals surface area contributed by atoms with Gasteiger partial charge in [0.25, 0.3) is 5.91 Å². The van der Waals surface area contributed by atoms with Crippen molar-refractivity contribution in [3.63, 3.8) is 0 Å². The van der Waals surface area contributed by atoms with Crippen LogP contribution in [0.3, 0.4) is 0 Å². The standard InChI is InChI=1S/C23H21Cl2N5O4S/c1-35(32,33)29-16-8-6-13-5-7-15(9-14(13)10-16)27-23-26-11-17-21(28-23)34-12-30(22(17)31)20-18(24)3-2-4-19(20)25/h2-5,7,9,11,16,29H,6,8,10,12H2,1H3,(H,26,27,28). The van der Waals surface area contributed by atoms with Gasteiger partial charge in [0.2, 0.25) is 21.9 Å². The van der Waals surface area contributed by atoms with Crippen molar-refractivity contribution in [1.29, 1.82) is 0 Å². The molecular weight excluding hydrogens is 513 g/mol. The number of sulfonamides is 1. The van der Waals surface area contributed by atoms with Gasteiger partial charge in [-0.2, -0.15) is 4.98 Å². The second-order valence-corrected chi connectivity index (χ2v) is 11.0. The molecule has 0 fully saturated rings. The Hall–Kier alpha value is -2.92. The summed E-state index contributed by atoms with van der Waals surface area (Å²) < 4.78 is 31.6. The van der Waals surface area contributed by atoms with Crippen molar-refractivity contribution in [2.75, 3.05) is 23.2 Å². The number of nitrogens with zero attached hydrogens (tertiary/aromatic N) is 3. The predicted molar refractivity (Wildman–Crippen MR) is 134 cm³/mol. The Bertz CT molecular complexity index is 1410. The third-order valence-electron chi connectivity index (χ3n) is 5.84. The number of para-hydroxylation sites is 1. The number of amides is 1. The molecule has 35 heavy (non-hydrogen) atoms. The van der Waals surface area contributed by atoms with Crippen LogP contribution in [0.1, 0.15) is 27.9 Å². The molecule has 1 atom stereocenters. The van der Waals surface area contributed by atoms with Gasteiger partial charge in [0, 0.05) is 17.9 Å². The van der Waals surface area contributed by atoms with Crippen molar-refractivity contribution >= 4 is 56.5 Å². The highest BCUT2D eigenvalue weighted by molar-refractivity contribution is 7.88. The van der Waals surface area contributed by atoms with Crippen molar-refractivity contribution in [2.45, 2.75) is 25.3 Å². The van der Waals surface area contributed by atoms with E-state index in [2.05, 4.69) is 20.0 Å². The molecule has 1 aliphatic carbocycles. The van der Waals surface area contributed by atoms with E-state index in [1.807, 2.05) is 18.2 Å². The van der Waals surface area contributed by atoms with Gasteiger partial charge in [-0.05, 0) is 54.7 Å². The first kappa shape index (κ1) is 23.8. The minimum atomic E-state index is -3.27. The zero-order valence-electron chi connectivity index (χ0n) is 18.6. The fraction of sp³-hybridized carbons (Fsp3) is 0.261. The van der Waals surface area contributed by atoms with Crippen LogP contribution in [0, 0.1) is 0 Å². The Labute approximate surface area is 212 Å². The summed E-state index contributed by atoms with van der Waals surface area (Å²) in [4.78, 5) is 23.0. The highest BCUT2D eigenvalue weighted by Crippen LogP contribution is 2.37. The summed E-state index contributed by atoms with van der Waals surface area (Å²) in [6.45, 7) is -0.0979. The van der Waals surface area contributed by atoms with E-state index in [9.17, 15) is 13.2 Å². The molecule has 1 unspecified atom stereocenters. The third-order valence-corrected chi connectivity index (χ3v) is 7.21. The zero-order chi connectivity index (χ0) is 24.7. The van der Waals surface area contributed by atoms with Crippen LogP contribution in [-0.4, -0.2) is 43.3 Å². The first-order valence-electron chi connectivity index (χ1n) is 10.8. The van der Waals surface area contributed by atoms with Crippen LogP contribution in [0.15, 0.2) is 42.6 Å². The molecular formula is C23H21Cl2N5O4S. The molecule has 0 saturated heterocycles. The van der Waals surface area contributed by atoms with Gasteiger partial charge in [-0.1, -0.05) is 35.3 Å². The van der Waals surface area contributed by atoms with Crippen LogP contribution in [0.2, 0.25) is 10.0 Å². The number of aryl methyl sites for hydroxylation is 1. The molecule has 1 amide bonds. The first-order valence-corrected chi connectivity index (χ1v) is 13.4. The van der Waals surface area contributed by atoms with Gasteiger partial charge >= 0.3 is 0 Å². The fourth-order valence-corrected chi connectivity index (χ4v) is 5.70. The maximum absolute atomic E-state index is 13.1. The Morgan fingerprint density at radius 2 is 1.91 bits per heavy atom. The van der Waals surface area contributed by atoms with E-state index >= 15 is 0 Å². The quantitative estimate of drug-likeness (QED) is 0.510. The Kier molecular flexibility index (Phi) is 6.30. The Morgan fingerprint density at radius 3 is 2.66 bits per heavy atom. The normalized spacial score (nSPS) is 17.4. The topological polar surface area (TPSA) is 114 Å². The summed E-state index contributed by atoms with van der Waals surface area (Å²) in [5, 5.41) is 3.80. The molecule has 0 saturated carbocycles. The number of ether oxygens (including phenoxy) is 1. The second-order valence-electron chi connectivity index (χ2n) is 8.43. The van der Waals surface area contributed by atoms with Crippen LogP contribution in [0.5, 0.6) is 5.88 Å². The fourth-order valence-electron chi connectivity index (χ4n) is 4.29. The number of anilines is 3. The van der Waals surface area contributed by atoms with Gasteiger partial charge < -0.3 is 10.1 Å². The third kappa shape index (κ3) is 5.06. The number of hydrogen-bond acceptors (Lipinski definition) is 7. The zero-order valence-corrected chi connectivity index (χ0v) is 20.9. The van der Waals surface area contributed by atoms with Crippen LogP contribution < -0.4 is 19.7 Å². The number of benzene rings is 2. The predicted octanol–water partition coefficient (Wildman–Crippen LogP) is 3.93. The molecule has 2 N–H and O–H groups in total. The SMILES string of the molecule is CS(=O)(=O)NC1CCc2ccc(Nc3ncc4c(n3)OCN(c3c(Cl)cccc3Cl)C4=O)cc2C1. The number of carbonyl (C=O) groups excluding carboxylic acids is 1. The number of aromatic nitrogens is 2. The molecule has 12 heteroatoms. The maximum Gasteiger partial charge on any atom is 0.268 e. The Balaban J connectivity index is 1.34. The first-order chi connectivity index (χ1) is 16.7. The summed E-state index contributed by atoms with van der Waals surface area (Å²) in [5.41, 5.74) is 3.54. The molecule has 5 rings (SSSR count). The van der Waals surface area contributed by atoms with Gasteiger partial charge in [-0.25, -0.2) is 18.1 Å². The molecule has 2 aromatic carbocycles. The smallest absolute Gasteiger partial charge is 0.268 e. The second kappa shape index (κ2) is 9.27. The van der Waals surface area contributed by atoms with E-state index in [1.54, 1.807) is 18.2 Å². The molecule has 1 aromatic heterocycles. The molecule has 0 spiro atoms. The molecule has 2 aliphatic rings. The summed E-state index contributed by atoms with van der Waals surface area (Å²) in [6.07, 6.45) is 4.71. The molecule has 0 bridgehead atoms. The van der Waals surface area contributed by atoms with E-state index in [4.69, 9.17) is 27.9 Å². The lowest BCUT2D eigenvalue weighted by Gasteiger charge is -2.29. The lowest BCUT2D eigenvalue weighted by atomic mass is 9.88. The largest absolute Gasteiger partial charge is 0.455 e. The number of rotatable bonds is 5. The summed E-state index contributed by atoms with van der Waals surface area (Å²) in [6, 6.07) is 10.7. The average molecular weight is 534 g/mol. The minimum absolute atomic E-state index is 0.0979. The van der Waals surface area contributed by atoms with Crippen molar-refractivity contribution < 1.29 is 17.9 Å². The lowest BCUT2D eigenvalue weighted by molar-refractivity contribution is 0.0932. The summed E-state index contributed by atoms with van der Waals surface area (Å²) in [5.74, 6) is 0.0515. The van der Waals surface area contributed by atoms with Crippen LogP contribution >= 0.6 is 23.2 Å². The van der Waals surface area contributed by atoms with Gasteiger partial charge in [-0.15, -0.1) is 0 Å². The van der Waals surface area contributed by atoms with E-state index in [-0.39, 0.29) is 36.1 Å². The monoisotopic (exact) mass is 533 g/mol. The van der Waals surface area contributed by atoms with Gasteiger partial charge in [-0.3, -0.25) is 9.69 Å².